The second kappa shape index (κ2) is 9.20. The molecule has 5 nitrogen and oxygen atoms in total. The first-order valence-corrected chi connectivity index (χ1v) is 9.56. The SMILES string of the molecule is Cc1ccc(NC(=O)/C(C#N)=C\N2CCN(Cc3ccccc3)CC2)c(C)c1. The molecule has 1 fully saturated rings. The van der Waals surface area contributed by atoms with Crippen molar-refractivity contribution < 1.29 is 4.79 Å². The topological polar surface area (TPSA) is 59.4 Å². The lowest BCUT2D eigenvalue weighted by molar-refractivity contribution is -0.112. The van der Waals surface area contributed by atoms with Crippen molar-refractivity contribution in [3.05, 3.63) is 77.0 Å². The van der Waals surface area contributed by atoms with Crippen molar-refractivity contribution in [1.82, 2.24) is 9.80 Å². The molecule has 0 radical (unpaired) electrons. The van der Waals surface area contributed by atoms with Gasteiger partial charge in [0.1, 0.15) is 11.6 Å². The summed E-state index contributed by atoms with van der Waals surface area (Å²) < 4.78 is 0. The Hall–Kier alpha value is -3.10. The van der Waals surface area contributed by atoms with E-state index in [-0.39, 0.29) is 11.5 Å². The number of nitrogens with one attached hydrogen (secondary N) is 1. The van der Waals surface area contributed by atoms with Crippen molar-refractivity contribution >= 4 is 11.6 Å². The number of carbonyl (C=O) groups excluding carboxylic acids is 1. The molecule has 1 N–H and O–H groups in total. The van der Waals surface area contributed by atoms with Crippen LogP contribution in [-0.4, -0.2) is 41.9 Å². The number of aryl methyl sites for hydroxylation is 2. The van der Waals surface area contributed by atoms with E-state index in [2.05, 4.69) is 39.4 Å². The van der Waals surface area contributed by atoms with Crippen LogP contribution in [0.3, 0.4) is 0 Å². The quantitative estimate of drug-likeness (QED) is 0.643. The van der Waals surface area contributed by atoms with Crippen LogP contribution >= 0.6 is 0 Å². The number of nitrogens with zero attached hydrogens (tertiary/aromatic N) is 3. The molecule has 0 spiro atoms. The molecule has 0 atom stereocenters. The molecule has 1 heterocycles. The minimum atomic E-state index is -0.360. The van der Waals surface area contributed by atoms with E-state index in [4.69, 9.17) is 0 Å². The summed E-state index contributed by atoms with van der Waals surface area (Å²) in [6.07, 6.45) is 1.69. The highest BCUT2D eigenvalue weighted by molar-refractivity contribution is 6.06. The van der Waals surface area contributed by atoms with Crippen LogP contribution in [0.25, 0.3) is 0 Å². The van der Waals surface area contributed by atoms with Crippen molar-refractivity contribution in [1.29, 1.82) is 5.26 Å². The molecule has 0 bridgehead atoms. The highest BCUT2D eigenvalue weighted by Crippen LogP contribution is 2.17. The maximum absolute atomic E-state index is 12.5. The number of benzene rings is 2. The molecule has 1 aliphatic heterocycles. The number of amides is 1. The van der Waals surface area contributed by atoms with Crippen molar-refractivity contribution in [2.45, 2.75) is 20.4 Å². The van der Waals surface area contributed by atoms with Crippen LogP contribution in [0, 0.1) is 25.2 Å². The van der Waals surface area contributed by atoms with Gasteiger partial charge in [-0.25, -0.2) is 0 Å². The number of piperazine rings is 1. The third-order valence-corrected chi connectivity index (χ3v) is 4.96. The highest BCUT2D eigenvalue weighted by Gasteiger charge is 2.18. The molecule has 1 amide bonds. The fourth-order valence-electron chi connectivity index (χ4n) is 3.36. The molecule has 144 valence electrons. The predicted octanol–water partition coefficient (Wildman–Crippen LogP) is 3.47. The fourth-order valence-corrected chi connectivity index (χ4v) is 3.36. The molecular weight excluding hydrogens is 348 g/mol. The molecule has 2 aromatic carbocycles. The molecule has 2 aromatic rings. The maximum Gasteiger partial charge on any atom is 0.267 e. The van der Waals surface area contributed by atoms with E-state index >= 15 is 0 Å². The predicted molar refractivity (Wildman–Crippen MR) is 112 cm³/mol. The van der Waals surface area contributed by atoms with Gasteiger partial charge < -0.3 is 10.2 Å². The first-order valence-electron chi connectivity index (χ1n) is 9.56. The van der Waals surface area contributed by atoms with Crippen LogP contribution in [0.1, 0.15) is 16.7 Å². The third kappa shape index (κ3) is 5.21. The number of hydrogen-bond donors (Lipinski definition) is 1. The summed E-state index contributed by atoms with van der Waals surface area (Å²) in [5, 5.41) is 12.3. The van der Waals surface area contributed by atoms with Crippen molar-refractivity contribution in [2.75, 3.05) is 31.5 Å². The number of anilines is 1. The number of rotatable bonds is 5. The van der Waals surface area contributed by atoms with Crippen molar-refractivity contribution in [3.8, 4) is 6.07 Å². The lowest BCUT2D eigenvalue weighted by Crippen LogP contribution is -2.43. The average molecular weight is 374 g/mol. The summed E-state index contributed by atoms with van der Waals surface area (Å²) in [5.74, 6) is -0.360. The Morgan fingerprint density at radius 2 is 1.82 bits per heavy atom. The molecule has 0 aliphatic carbocycles. The Balaban J connectivity index is 1.57. The van der Waals surface area contributed by atoms with Gasteiger partial charge in [0.15, 0.2) is 0 Å². The minimum absolute atomic E-state index is 0.136. The van der Waals surface area contributed by atoms with Gasteiger partial charge in [-0.3, -0.25) is 9.69 Å². The molecule has 3 rings (SSSR count). The summed E-state index contributed by atoms with van der Waals surface area (Å²) in [4.78, 5) is 17.0. The van der Waals surface area contributed by atoms with Gasteiger partial charge >= 0.3 is 0 Å². The lowest BCUT2D eigenvalue weighted by Gasteiger charge is -2.34. The molecular formula is C23H26N4O. The Morgan fingerprint density at radius 1 is 1.11 bits per heavy atom. The zero-order valence-corrected chi connectivity index (χ0v) is 16.5. The van der Waals surface area contributed by atoms with Gasteiger partial charge in [0.05, 0.1) is 0 Å². The van der Waals surface area contributed by atoms with Crippen molar-refractivity contribution in [3.63, 3.8) is 0 Å². The summed E-state index contributed by atoms with van der Waals surface area (Å²) in [7, 11) is 0. The monoisotopic (exact) mass is 374 g/mol. The second-order valence-corrected chi connectivity index (χ2v) is 7.22. The third-order valence-electron chi connectivity index (χ3n) is 4.96. The Kier molecular flexibility index (Phi) is 6.46. The smallest absolute Gasteiger partial charge is 0.267 e. The van der Waals surface area contributed by atoms with Gasteiger partial charge in [-0.1, -0.05) is 48.0 Å². The standard InChI is InChI=1S/C23H26N4O/c1-18-8-9-22(19(2)14-18)25-23(28)21(15-24)17-27-12-10-26(11-13-27)16-20-6-4-3-5-7-20/h3-9,14,17H,10-13,16H2,1-2H3,(H,25,28)/b21-17-. The zero-order valence-electron chi connectivity index (χ0n) is 16.5. The first-order chi connectivity index (χ1) is 13.5. The fraction of sp³-hybridized carbons (Fsp3) is 0.304. The maximum atomic E-state index is 12.5. The first kappa shape index (κ1) is 19.7. The summed E-state index contributed by atoms with van der Waals surface area (Å²) in [6.45, 7) is 8.30. The summed E-state index contributed by atoms with van der Waals surface area (Å²) in [6, 6.07) is 18.3. The van der Waals surface area contributed by atoms with Gasteiger partial charge in [0.25, 0.3) is 5.91 Å². The molecule has 0 unspecified atom stereocenters. The summed E-state index contributed by atoms with van der Waals surface area (Å²) in [5.41, 5.74) is 4.30. The van der Waals surface area contributed by atoms with Gasteiger partial charge in [-0.05, 0) is 31.0 Å². The number of nitriles is 1. The zero-order chi connectivity index (χ0) is 19.9. The molecule has 5 heteroatoms. The second-order valence-electron chi connectivity index (χ2n) is 7.22. The van der Waals surface area contributed by atoms with E-state index in [0.717, 1.165) is 49.5 Å². The minimum Gasteiger partial charge on any atom is -0.374 e. The largest absolute Gasteiger partial charge is 0.374 e. The molecule has 0 saturated carbocycles. The normalized spacial score (nSPS) is 15.2. The van der Waals surface area contributed by atoms with E-state index in [1.165, 1.54) is 5.56 Å². The van der Waals surface area contributed by atoms with Gasteiger partial charge in [0, 0.05) is 44.6 Å². The van der Waals surface area contributed by atoms with Crippen molar-refractivity contribution in [2.24, 2.45) is 0 Å². The van der Waals surface area contributed by atoms with Crippen LogP contribution in [0.2, 0.25) is 0 Å². The highest BCUT2D eigenvalue weighted by atomic mass is 16.1. The summed E-state index contributed by atoms with van der Waals surface area (Å²) >= 11 is 0. The number of carbonyl (C=O) groups is 1. The van der Waals surface area contributed by atoms with E-state index in [9.17, 15) is 10.1 Å². The van der Waals surface area contributed by atoms with E-state index in [0.29, 0.717) is 0 Å². The number of hydrogen-bond acceptors (Lipinski definition) is 4. The van der Waals surface area contributed by atoms with E-state index in [1.54, 1.807) is 6.20 Å². The molecule has 0 aromatic heterocycles. The lowest BCUT2D eigenvalue weighted by atomic mass is 10.1. The van der Waals surface area contributed by atoms with E-state index in [1.807, 2.05) is 44.2 Å². The van der Waals surface area contributed by atoms with Crippen LogP contribution < -0.4 is 5.32 Å². The average Bonchev–Trinajstić information content (AvgIpc) is 2.70. The van der Waals surface area contributed by atoms with Gasteiger partial charge in [-0.15, -0.1) is 0 Å². The molecule has 1 saturated heterocycles. The van der Waals surface area contributed by atoms with Gasteiger partial charge in [-0.2, -0.15) is 5.26 Å². The van der Waals surface area contributed by atoms with Crippen LogP contribution in [0.5, 0.6) is 0 Å². The van der Waals surface area contributed by atoms with Crippen LogP contribution in [0.4, 0.5) is 5.69 Å². The molecule has 28 heavy (non-hydrogen) atoms. The Morgan fingerprint density at radius 3 is 2.46 bits per heavy atom. The van der Waals surface area contributed by atoms with Crippen LogP contribution in [-0.2, 0) is 11.3 Å². The Bertz CT molecular complexity index is 891. The molecule has 1 aliphatic rings. The van der Waals surface area contributed by atoms with E-state index < -0.39 is 0 Å². The van der Waals surface area contributed by atoms with Crippen LogP contribution in [0.15, 0.2) is 60.3 Å². The Labute approximate surface area is 166 Å². The van der Waals surface area contributed by atoms with Gasteiger partial charge in [0.2, 0.25) is 0 Å².